The van der Waals surface area contributed by atoms with Crippen LogP contribution in [0.3, 0.4) is 0 Å². The van der Waals surface area contributed by atoms with Gasteiger partial charge in [0, 0.05) is 5.69 Å². The molecule has 2 aromatic rings. The lowest BCUT2D eigenvalue weighted by Crippen LogP contribution is -2.40. The molecule has 0 aliphatic carbocycles. The van der Waals surface area contributed by atoms with Crippen LogP contribution < -0.4 is 16.0 Å². The first kappa shape index (κ1) is 17.3. The molecule has 7 heteroatoms. The highest BCUT2D eigenvalue weighted by Crippen LogP contribution is 2.13. The highest BCUT2D eigenvalue weighted by molar-refractivity contribution is 5.96. The molecule has 126 valence electrons. The van der Waals surface area contributed by atoms with Gasteiger partial charge < -0.3 is 20.4 Å². The molecule has 7 nitrogen and oxygen atoms in total. The number of carbonyl (C=O) groups excluding carboxylic acids is 3. The lowest BCUT2D eigenvalue weighted by atomic mass is 10.1. The van der Waals surface area contributed by atoms with Gasteiger partial charge >= 0.3 is 0 Å². The lowest BCUT2D eigenvalue weighted by Gasteiger charge is -2.09. The summed E-state index contributed by atoms with van der Waals surface area (Å²) in [6, 6.07) is 8.63. The van der Waals surface area contributed by atoms with Gasteiger partial charge in [-0.25, -0.2) is 0 Å². The second-order valence-corrected chi connectivity index (χ2v) is 5.28. The molecule has 0 radical (unpaired) electrons. The number of furan rings is 1. The Hall–Kier alpha value is -3.09. The molecule has 24 heavy (non-hydrogen) atoms. The van der Waals surface area contributed by atoms with Crippen molar-refractivity contribution in [2.24, 2.45) is 0 Å². The van der Waals surface area contributed by atoms with Gasteiger partial charge in [0.1, 0.15) is 0 Å². The quantitative estimate of drug-likeness (QED) is 0.745. The maximum Gasteiger partial charge on any atom is 0.287 e. The normalized spacial score (nSPS) is 10.1. The maximum absolute atomic E-state index is 11.8. The van der Waals surface area contributed by atoms with E-state index in [0.29, 0.717) is 5.69 Å². The second-order valence-electron chi connectivity index (χ2n) is 5.28. The molecule has 3 N–H and O–H groups in total. The van der Waals surface area contributed by atoms with E-state index in [1.165, 1.54) is 12.3 Å². The number of hydrogen-bond donors (Lipinski definition) is 3. The molecule has 0 unspecified atom stereocenters. The first-order valence-corrected chi connectivity index (χ1v) is 7.41. The molecule has 1 aromatic carbocycles. The van der Waals surface area contributed by atoms with Crippen LogP contribution >= 0.6 is 0 Å². The average Bonchev–Trinajstić information content (AvgIpc) is 3.08. The van der Waals surface area contributed by atoms with Crippen molar-refractivity contribution in [1.29, 1.82) is 0 Å². The van der Waals surface area contributed by atoms with Crippen LogP contribution in [0, 0.1) is 13.8 Å². The number of nitrogens with one attached hydrogen (secondary N) is 3. The van der Waals surface area contributed by atoms with Crippen molar-refractivity contribution in [3.63, 3.8) is 0 Å². The molecule has 0 spiro atoms. The Balaban J connectivity index is 1.72. The van der Waals surface area contributed by atoms with E-state index in [4.69, 9.17) is 4.42 Å². The molecular formula is C17H19N3O4. The Kier molecular flexibility index (Phi) is 5.73. The SMILES string of the molecule is Cc1ccc(NC(=O)CNC(=O)CNC(=O)c2ccco2)cc1C. The summed E-state index contributed by atoms with van der Waals surface area (Å²) in [4.78, 5) is 35.0. The van der Waals surface area contributed by atoms with Crippen LogP contribution in [0.4, 0.5) is 5.69 Å². The van der Waals surface area contributed by atoms with Gasteiger partial charge in [-0.1, -0.05) is 6.07 Å². The number of benzene rings is 1. The first-order chi connectivity index (χ1) is 11.5. The summed E-state index contributed by atoms with van der Waals surface area (Å²) >= 11 is 0. The molecule has 0 bridgehead atoms. The van der Waals surface area contributed by atoms with Gasteiger partial charge in [0.25, 0.3) is 5.91 Å². The fourth-order valence-electron chi connectivity index (χ4n) is 1.92. The van der Waals surface area contributed by atoms with Crippen LogP contribution in [0.25, 0.3) is 0 Å². The number of carbonyl (C=O) groups is 3. The number of aryl methyl sites for hydroxylation is 2. The summed E-state index contributed by atoms with van der Waals surface area (Å²) in [7, 11) is 0. The third kappa shape index (κ3) is 4.98. The Morgan fingerprint density at radius 1 is 0.958 bits per heavy atom. The predicted octanol–water partition coefficient (Wildman–Crippen LogP) is 1.38. The van der Waals surface area contributed by atoms with E-state index in [1.54, 1.807) is 12.1 Å². The number of hydrogen-bond acceptors (Lipinski definition) is 4. The molecule has 0 aliphatic rings. The first-order valence-electron chi connectivity index (χ1n) is 7.41. The largest absolute Gasteiger partial charge is 0.459 e. The van der Waals surface area contributed by atoms with Crippen molar-refractivity contribution in [2.75, 3.05) is 18.4 Å². The molecule has 0 fully saturated rings. The molecule has 0 atom stereocenters. The van der Waals surface area contributed by atoms with Gasteiger partial charge in [0.15, 0.2) is 5.76 Å². The smallest absolute Gasteiger partial charge is 0.287 e. The molecule has 2 rings (SSSR count). The van der Waals surface area contributed by atoms with E-state index in [0.717, 1.165) is 11.1 Å². The molecule has 1 heterocycles. The van der Waals surface area contributed by atoms with Crippen LogP contribution in [0.5, 0.6) is 0 Å². The van der Waals surface area contributed by atoms with Crippen LogP contribution in [0.15, 0.2) is 41.0 Å². The van der Waals surface area contributed by atoms with Crippen molar-refractivity contribution < 1.29 is 18.8 Å². The summed E-state index contributed by atoms with van der Waals surface area (Å²) < 4.78 is 4.90. The van der Waals surface area contributed by atoms with Gasteiger partial charge in [0.2, 0.25) is 11.8 Å². The van der Waals surface area contributed by atoms with Crippen molar-refractivity contribution >= 4 is 23.4 Å². The lowest BCUT2D eigenvalue weighted by molar-refractivity contribution is -0.123. The zero-order chi connectivity index (χ0) is 17.5. The molecule has 3 amide bonds. The standard InChI is InChI=1S/C17H19N3O4/c1-11-5-6-13(8-12(11)2)20-16(22)10-18-15(21)9-19-17(23)14-4-3-7-24-14/h3-8H,9-10H2,1-2H3,(H,18,21)(H,19,23)(H,20,22). The van der Waals surface area contributed by atoms with Crippen LogP contribution in [0.2, 0.25) is 0 Å². The van der Waals surface area contributed by atoms with E-state index in [2.05, 4.69) is 16.0 Å². The summed E-state index contributed by atoms with van der Waals surface area (Å²) in [5.41, 5.74) is 2.87. The zero-order valence-electron chi connectivity index (χ0n) is 13.5. The van der Waals surface area contributed by atoms with Crippen LogP contribution in [-0.4, -0.2) is 30.8 Å². The van der Waals surface area contributed by atoms with Gasteiger partial charge in [-0.15, -0.1) is 0 Å². The molecule has 0 saturated heterocycles. The van der Waals surface area contributed by atoms with Gasteiger partial charge in [-0.2, -0.15) is 0 Å². The van der Waals surface area contributed by atoms with Crippen molar-refractivity contribution in [2.45, 2.75) is 13.8 Å². The van der Waals surface area contributed by atoms with Crippen molar-refractivity contribution in [3.8, 4) is 0 Å². The van der Waals surface area contributed by atoms with E-state index in [9.17, 15) is 14.4 Å². The van der Waals surface area contributed by atoms with Gasteiger partial charge in [-0.3, -0.25) is 14.4 Å². The molecular weight excluding hydrogens is 310 g/mol. The Morgan fingerprint density at radius 2 is 1.71 bits per heavy atom. The summed E-state index contributed by atoms with van der Waals surface area (Å²) in [5, 5.41) is 7.53. The third-order valence-corrected chi connectivity index (χ3v) is 3.39. The summed E-state index contributed by atoms with van der Waals surface area (Å²) in [6.07, 6.45) is 1.37. The minimum atomic E-state index is -0.491. The molecule has 0 saturated carbocycles. The minimum Gasteiger partial charge on any atom is -0.459 e. The van der Waals surface area contributed by atoms with Crippen LogP contribution in [-0.2, 0) is 9.59 Å². The van der Waals surface area contributed by atoms with Gasteiger partial charge in [-0.05, 0) is 49.2 Å². The Morgan fingerprint density at radius 3 is 2.38 bits per heavy atom. The molecule has 1 aromatic heterocycles. The fourth-order valence-corrected chi connectivity index (χ4v) is 1.92. The predicted molar refractivity (Wildman–Crippen MR) is 88.6 cm³/mol. The van der Waals surface area contributed by atoms with Crippen molar-refractivity contribution in [1.82, 2.24) is 10.6 Å². The van der Waals surface area contributed by atoms with Crippen molar-refractivity contribution in [3.05, 3.63) is 53.5 Å². The zero-order valence-corrected chi connectivity index (χ0v) is 13.5. The Labute approximate surface area is 139 Å². The van der Waals surface area contributed by atoms with Crippen LogP contribution in [0.1, 0.15) is 21.7 Å². The third-order valence-electron chi connectivity index (χ3n) is 3.39. The fraction of sp³-hybridized carbons (Fsp3) is 0.235. The minimum absolute atomic E-state index is 0.121. The number of anilines is 1. The summed E-state index contributed by atoms with van der Waals surface area (Å²) in [6.45, 7) is 3.52. The highest BCUT2D eigenvalue weighted by Gasteiger charge is 2.11. The van der Waals surface area contributed by atoms with E-state index in [-0.39, 0.29) is 24.8 Å². The second kappa shape index (κ2) is 7.96. The van der Waals surface area contributed by atoms with E-state index in [1.807, 2.05) is 26.0 Å². The van der Waals surface area contributed by atoms with E-state index < -0.39 is 11.8 Å². The summed E-state index contributed by atoms with van der Waals surface area (Å²) in [5.74, 6) is -1.18. The average molecular weight is 329 g/mol. The topological polar surface area (TPSA) is 100 Å². The highest BCUT2D eigenvalue weighted by atomic mass is 16.3. The van der Waals surface area contributed by atoms with E-state index >= 15 is 0 Å². The molecule has 0 aliphatic heterocycles. The monoisotopic (exact) mass is 329 g/mol. The number of rotatable bonds is 6. The van der Waals surface area contributed by atoms with Gasteiger partial charge in [0.05, 0.1) is 19.4 Å². The Bertz CT molecular complexity index is 738. The maximum atomic E-state index is 11.8. The number of amides is 3.